The summed E-state index contributed by atoms with van der Waals surface area (Å²) in [7, 11) is 4.61. The Morgan fingerprint density at radius 1 is 1.14 bits per heavy atom. The van der Waals surface area contributed by atoms with Gasteiger partial charge in [0.15, 0.2) is 0 Å². The number of unbranched alkanes of at least 4 members (excludes halogenated alkanes) is 2. The Morgan fingerprint density at radius 2 is 1.66 bits per heavy atom. The molecule has 1 aliphatic rings. The molecule has 2 rings (SSSR count). The van der Waals surface area contributed by atoms with Crippen molar-refractivity contribution in [3.8, 4) is 11.5 Å². The van der Waals surface area contributed by atoms with E-state index in [1.165, 1.54) is 18.4 Å². The number of nitrogens with two attached hydrogens (primary N) is 2. The fraction of sp³-hybridized carbons (Fsp3) is 0.478. The van der Waals surface area contributed by atoms with Gasteiger partial charge in [-0.05, 0) is 63.1 Å². The van der Waals surface area contributed by atoms with Crippen molar-refractivity contribution in [2.24, 2.45) is 5.92 Å². The first kappa shape index (κ1) is 35.6. The maximum atomic E-state index is 10.5. The molecule has 6 heteroatoms. The molecule has 1 aromatic carbocycles. The maximum absolute atomic E-state index is 10.5. The van der Waals surface area contributed by atoms with Gasteiger partial charge in [-0.25, -0.2) is 0 Å². The van der Waals surface area contributed by atoms with Crippen molar-refractivity contribution in [2.75, 3.05) is 0 Å². The summed E-state index contributed by atoms with van der Waals surface area (Å²) in [5, 5.41) is 21.1. The minimum Gasteiger partial charge on any atom is -0.693 e. The zero-order chi connectivity index (χ0) is 19.0. The Balaban J connectivity index is -0.000000505. The first-order valence-electron chi connectivity index (χ1n) is 8.93. The van der Waals surface area contributed by atoms with Crippen LogP contribution in [0.3, 0.4) is 0 Å². The van der Waals surface area contributed by atoms with Gasteiger partial charge in [-0.2, -0.15) is 0 Å². The Bertz CT molecular complexity index is 598. The van der Waals surface area contributed by atoms with E-state index in [4.69, 9.17) is 0 Å². The number of phenolic OH excluding ortho intramolecular Hbond substituents is 2. The molecule has 0 heterocycles. The second-order valence-electron chi connectivity index (χ2n) is 7.04. The van der Waals surface area contributed by atoms with E-state index in [0.29, 0.717) is 5.56 Å². The minimum atomic E-state index is 0. The summed E-state index contributed by atoms with van der Waals surface area (Å²) in [6.07, 6.45) is 8.61. The monoisotopic (exact) mass is 606 g/mol. The number of aromatic hydroxyl groups is 2. The minimum absolute atomic E-state index is 0. The number of rotatable bonds is 6. The number of phenols is 2. The topological polar surface area (TPSA) is 107 Å². The van der Waals surface area contributed by atoms with Crippen LogP contribution in [0.1, 0.15) is 69.9 Å². The summed E-state index contributed by atoms with van der Waals surface area (Å²) in [5.74, 6) is 0.741. The third-order valence-corrected chi connectivity index (χ3v) is 4.98. The first-order chi connectivity index (χ1) is 11.9. The second-order valence-corrected chi connectivity index (χ2v) is 7.04. The zero-order valence-corrected chi connectivity index (χ0v) is 21.6. The van der Waals surface area contributed by atoms with Gasteiger partial charge in [0.25, 0.3) is 0 Å². The molecule has 175 valence electrons. The fourth-order valence-electron chi connectivity index (χ4n) is 3.65. The van der Waals surface area contributed by atoms with Crippen molar-refractivity contribution in [3.63, 3.8) is 0 Å². The van der Waals surface area contributed by atoms with Gasteiger partial charge in [0.1, 0.15) is 11.5 Å². The predicted octanol–water partition coefficient (Wildman–Crippen LogP) is 8.87. The molecule has 0 aliphatic heterocycles. The molecule has 0 fully saturated rings. The van der Waals surface area contributed by atoms with Gasteiger partial charge in [0, 0.05) is 11.5 Å². The predicted molar refractivity (Wildman–Crippen MR) is 126 cm³/mol. The number of hydrogen-bond acceptors (Lipinski definition) is 2. The molecule has 0 bridgehead atoms. The second kappa shape index (κ2) is 18.0. The van der Waals surface area contributed by atoms with Crippen molar-refractivity contribution < 1.29 is 29.0 Å². The molecule has 0 radical (unpaired) electrons. The van der Waals surface area contributed by atoms with E-state index in [2.05, 4.69) is 35.9 Å². The van der Waals surface area contributed by atoms with Crippen LogP contribution in [0.25, 0.3) is 12.3 Å². The Labute approximate surface area is 194 Å². The van der Waals surface area contributed by atoms with Gasteiger partial charge in [-0.1, -0.05) is 43.6 Å². The number of halogens is 1. The van der Waals surface area contributed by atoms with Gasteiger partial charge in [-0.15, -0.1) is 0 Å². The quantitative estimate of drug-likeness (QED) is 0.192. The van der Waals surface area contributed by atoms with Crippen molar-refractivity contribution in [1.82, 2.24) is 0 Å². The van der Waals surface area contributed by atoms with Crippen LogP contribution in [0, 0.1) is 20.8 Å². The van der Waals surface area contributed by atoms with Gasteiger partial charge in [0.2, 0.25) is 0 Å². The van der Waals surface area contributed by atoms with Gasteiger partial charge >= 0.3 is 28.2 Å². The van der Waals surface area contributed by atoms with Crippen molar-refractivity contribution in [2.45, 2.75) is 65.2 Å². The van der Waals surface area contributed by atoms with Crippen molar-refractivity contribution in [3.05, 3.63) is 74.2 Å². The smallest absolute Gasteiger partial charge is 0.693 e. The SMILES string of the molecule is C=C(C)C1CCC(C)=CC1c1c(O)cc(CCCCC)cc1O.[CH3-].[CH3-].[Cl][Pt].[NH2-].[NH2-]. The number of benzene rings is 1. The zero-order valence-electron chi connectivity index (χ0n) is 18.6. The number of hydrogen-bond donors (Lipinski definition) is 2. The largest absolute Gasteiger partial charge is 0.693 e. The molecule has 1 aromatic rings. The fourth-order valence-corrected chi connectivity index (χ4v) is 3.65. The molecular weight excluding hydrogens is 567 g/mol. The van der Waals surface area contributed by atoms with Gasteiger partial charge < -0.3 is 37.4 Å². The van der Waals surface area contributed by atoms with E-state index < -0.39 is 0 Å². The number of allylic oxidation sites excluding steroid dienone is 3. The molecule has 4 nitrogen and oxygen atoms in total. The molecule has 2 atom stereocenters. The molecule has 2 unspecified atom stereocenters. The van der Waals surface area contributed by atoms with E-state index in [1.54, 1.807) is 18.8 Å². The normalized spacial score (nSPS) is 17.0. The average Bonchev–Trinajstić information content (AvgIpc) is 2.56. The van der Waals surface area contributed by atoms with E-state index in [0.717, 1.165) is 36.8 Å². The van der Waals surface area contributed by atoms with E-state index in [9.17, 15) is 10.2 Å². The van der Waals surface area contributed by atoms with Crippen molar-refractivity contribution in [1.29, 1.82) is 0 Å². The Hall–Kier alpha value is -0.802. The summed E-state index contributed by atoms with van der Waals surface area (Å²) >= 11 is 1.61. The third kappa shape index (κ3) is 10.2. The van der Waals surface area contributed by atoms with Crippen LogP contribution in [-0.4, -0.2) is 10.2 Å². The summed E-state index contributed by atoms with van der Waals surface area (Å²) in [6.45, 7) is 10.4. The molecule has 29 heavy (non-hydrogen) atoms. The van der Waals surface area contributed by atoms with Crippen LogP contribution in [0.4, 0.5) is 0 Å². The first-order valence-corrected chi connectivity index (χ1v) is 11.7. The number of aryl methyl sites for hydroxylation is 1. The van der Waals surface area contributed by atoms with Crippen LogP contribution in [-0.2, 0) is 25.2 Å². The molecule has 0 saturated carbocycles. The molecule has 6 N–H and O–H groups in total. The van der Waals surface area contributed by atoms with E-state index in [1.807, 2.05) is 19.1 Å². The molecule has 0 amide bonds. The molecular formula is C23H40ClN2O2Pt-4. The Kier molecular flexibility index (Phi) is 22.1. The van der Waals surface area contributed by atoms with E-state index in [-0.39, 0.29) is 50.5 Å². The summed E-state index contributed by atoms with van der Waals surface area (Å²) in [6, 6.07) is 3.66. The van der Waals surface area contributed by atoms with Crippen LogP contribution in [0.2, 0.25) is 0 Å². The summed E-state index contributed by atoms with van der Waals surface area (Å²) in [4.78, 5) is 0. The van der Waals surface area contributed by atoms with Crippen LogP contribution >= 0.6 is 9.42 Å². The van der Waals surface area contributed by atoms with E-state index >= 15 is 0 Å². The molecule has 0 saturated heterocycles. The van der Waals surface area contributed by atoms with Crippen LogP contribution < -0.4 is 0 Å². The van der Waals surface area contributed by atoms with Crippen LogP contribution in [0.15, 0.2) is 35.9 Å². The van der Waals surface area contributed by atoms with Gasteiger partial charge in [-0.3, -0.25) is 0 Å². The maximum Gasteiger partial charge on any atom is -0.693 e. The summed E-state index contributed by atoms with van der Waals surface area (Å²) in [5.41, 5.74) is 4.11. The van der Waals surface area contributed by atoms with Gasteiger partial charge in [0.05, 0.1) is 0 Å². The Morgan fingerprint density at radius 3 is 2.10 bits per heavy atom. The average molecular weight is 607 g/mol. The van der Waals surface area contributed by atoms with Crippen LogP contribution in [0.5, 0.6) is 11.5 Å². The molecule has 0 aromatic heterocycles. The van der Waals surface area contributed by atoms with Crippen molar-refractivity contribution >= 4 is 9.42 Å². The molecule has 1 aliphatic carbocycles. The molecule has 0 spiro atoms. The standard InChI is InChI=1S/C21H30O2.2CH3.ClH.2H2N.Pt/c1-5-6-7-8-16-12-19(22)21(20(23)13-16)18-11-15(4)9-10-17(18)14(2)3;;;;;;/h11-13,17-18,22-23H,2,5-10H2,1,3-4H3;2*1H3;1H;2*1H2;/q;2*-1;;2*-1;+1/p-1. The summed E-state index contributed by atoms with van der Waals surface area (Å²) < 4.78 is 0. The third-order valence-electron chi connectivity index (χ3n) is 4.98.